The van der Waals surface area contributed by atoms with Crippen LogP contribution in [-0.2, 0) is 25.7 Å². The summed E-state index contributed by atoms with van der Waals surface area (Å²) in [4.78, 5) is 10.7. The molecular weight excluding hydrogens is 372 g/mol. The number of rotatable bonds is 7. The van der Waals surface area contributed by atoms with Gasteiger partial charge in [0, 0.05) is 31.4 Å². The molecule has 0 atom stereocenters. The number of benzene rings is 1. The predicted octanol–water partition coefficient (Wildman–Crippen LogP) is 3.09. The summed E-state index contributed by atoms with van der Waals surface area (Å²) in [5, 5.41) is 8.07. The molecule has 7 heteroatoms. The molecule has 1 aliphatic carbocycles. The van der Waals surface area contributed by atoms with Crippen molar-refractivity contribution in [3.8, 4) is 11.5 Å². The number of aliphatic imine (C=N–C) groups is 1. The minimum atomic E-state index is 0.317. The van der Waals surface area contributed by atoms with Crippen molar-refractivity contribution in [1.82, 2.24) is 15.6 Å². The van der Waals surface area contributed by atoms with Crippen molar-refractivity contribution in [3.05, 3.63) is 39.3 Å². The van der Waals surface area contributed by atoms with Crippen LogP contribution in [-0.4, -0.2) is 37.9 Å². The first-order valence-corrected chi connectivity index (χ1v) is 10.9. The highest BCUT2D eigenvalue weighted by Crippen LogP contribution is 2.32. The maximum absolute atomic E-state index is 5.43. The lowest BCUT2D eigenvalue weighted by atomic mass is 10.0. The standard InChI is InChI=1S/C21H28N4O2S/c1-22-21(24-12-10-15-8-9-17-18(13-15)27-14-26-17)23-11-4-7-20-25-16-5-2-3-6-19(16)28-20/h8-9,13H,2-7,10-12,14H2,1H3,(H2,22,23,24). The second kappa shape index (κ2) is 9.28. The second-order valence-electron chi connectivity index (χ2n) is 7.15. The zero-order valence-electron chi connectivity index (χ0n) is 16.4. The molecule has 4 rings (SSSR count). The van der Waals surface area contributed by atoms with Gasteiger partial charge in [-0.25, -0.2) is 4.98 Å². The van der Waals surface area contributed by atoms with Crippen LogP contribution < -0.4 is 20.1 Å². The van der Waals surface area contributed by atoms with Crippen LogP contribution in [0.3, 0.4) is 0 Å². The van der Waals surface area contributed by atoms with Crippen LogP contribution >= 0.6 is 11.3 Å². The van der Waals surface area contributed by atoms with Crippen molar-refractivity contribution in [3.63, 3.8) is 0 Å². The molecule has 2 aromatic rings. The Bertz CT molecular complexity index is 810. The first-order chi connectivity index (χ1) is 13.8. The number of hydrogen-bond acceptors (Lipinski definition) is 5. The van der Waals surface area contributed by atoms with Gasteiger partial charge in [0.05, 0.1) is 10.7 Å². The van der Waals surface area contributed by atoms with Gasteiger partial charge in [-0.05, 0) is 56.2 Å². The topological polar surface area (TPSA) is 67.8 Å². The van der Waals surface area contributed by atoms with Gasteiger partial charge in [0.2, 0.25) is 6.79 Å². The molecule has 1 aliphatic heterocycles. The first-order valence-electron chi connectivity index (χ1n) is 10.1. The Balaban J connectivity index is 1.15. The first kappa shape index (κ1) is 19.1. The molecule has 2 N–H and O–H groups in total. The third-order valence-corrected chi connectivity index (χ3v) is 6.33. The molecule has 2 heterocycles. The predicted molar refractivity (Wildman–Crippen MR) is 113 cm³/mol. The van der Waals surface area contributed by atoms with E-state index in [0.29, 0.717) is 6.79 Å². The molecule has 0 fully saturated rings. The minimum Gasteiger partial charge on any atom is -0.454 e. The van der Waals surface area contributed by atoms with Gasteiger partial charge in [0.25, 0.3) is 0 Å². The molecule has 1 aromatic carbocycles. The monoisotopic (exact) mass is 400 g/mol. The SMILES string of the molecule is CN=C(NCCCc1nc2c(s1)CCCC2)NCCc1ccc2c(c1)OCO2. The van der Waals surface area contributed by atoms with E-state index in [0.717, 1.165) is 49.8 Å². The molecule has 0 unspecified atom stereocenters. The average Bonchev–Trinajstić information content (AvgIpc) is 3.35. The van der Waals surface area contributed by atoms with Crippen molar-refractivity contribution in [2.45, 2.75) is 44.9 Å². The van der Waals surface area contributed by atoms with Crippen LogP contribution in [0, 0.1) is 0 Å². The largest absolute Gasteiger partial charge is 0.454 e. The Hall–Kier alpha value is -2.28. The van der Waals surface area contributed by atoms with E-state index in [4.69, 9.17) is 14.5 Å². The highest BCUT2D eigenvalue weighted by molar-refractivity contribution is 7.11. The number of ether oxygens (including phenoxy) is 2. The summed E-state index contributed by atoms with van der Waals surface area (Å²) in [5.74, 6) is 2.51. The maximum atomic E-state index is 5.43. The summed E-state index contributed by atoms with van der Waals surface area (Å²) in [6.07, 6.45) is 8.03. The van der Waals surface area contributed by atoms with E-state index in [2.05, 4.69) is 21.7 Å². The third-order valence-electron chi connectivity index (χ3n) is 5.12. The molecule has 1 aromatic heterocycles. The van der Waals surface area contributed by atoms with Crippen LogP contribution in [0.2, 0.25) is 0 Å². The number of nitrogens with one attached hydrogen (secondary N) is 2. The van der Waals surface area contributed by atoms with E-state index in [1.807, 2.05) is 30.5 Å². The van der Waals surface area contributed by atoms with E-state index < -0.39 is 0 Å². The van der Waals surface area contributed by atoms with Crippen LogP contribution in [0.25, 0.3) is 0 Å². The van der Waals surface area contributed by atoms with Gasteiger partial charge >= 0.3 is 0 Å². The molecule has 0 bridgehead atoms. The van der Waals surface area contributed by atoms with Crippen LogP contribution in [0.4, 0.5) is 0 Å². The molecule has 0 saturated heterocycles. The maximum Gasteiger partial charge on any atom is 0.231 e. The summed E-state index contributed by atoms with van der Waals surface area (Å²) in [7, 11) is 1.81. The highest BCUT2D eigenvalue weighted by Gasteiger charge is 2.15. The number of guanidine groups is 1. The number of thiazole rings is 1. The summed E-state index contributed by atoms with van der Waals surface area (Å²) in [5.41, 5.74) is 2.58. The molecule has 0 saturated carbocycles. The molecule has 2 aliphatic rings. The minimum absolute atomic E-state index is 0.317. The summed E-state index contributed by atoms with van der Waals surface area (Å²) < 4.78 is 10.8. The van der Waals surface area contributed by atoms with Gasteiger partial charge < -0.3 is 20.1 Å². The van der Waals surface area contributed by atoms with Crippen LogP contribution in [0.1, 0.15) is 40.4 Å². The summed E-state index contributed by atoms with van der Waals surface area (Å²) in [6, 6.07) is 6.11. The van der Waals surface area contributed by atoms with Crippen LogP contribution in [0.5, 0.6) is 11.5 Å². The summed E-state index contributed by atoms with van der Waals surface area (Å²) in [6.45, 7) is 2.03. The fourth-order valence-electron chi connectivity index (χ4n) is 3.60. The van der Waals surface area contributed by atoms with Crippen molar-refractivity contribution < 1.29 is 9.47 Å². The molecule has 0 radical (unpaired) electrons. The Morgan fingerprint density at radius 3 is 2.86 bits per heavy atom. The van der Waals surface area contributed by atoms with E-state index in [9.17, 15) is 0 Å². The third kappa shape index (κ3) is 4.76. The smallest absolute Gasteiger partial charge is 0.231 e. The zero-order valence-corrected chi connectivity index (χ0v) is 17.2. The van der Waals surface area contributed by atoms with Gasteiger partial charge in [-0.3, -0.25) is 4.99 Å². The lowest BCUT2D eigenvalue weighted by Gasteiger charge is -2.11. The number of nitrogens with zero attached hydrogens (tertiary/aromatic N) is 2. The number of aryl methyl sites for hydroxylation is 3. The van der Waals surface area contributed by atoms with Gasteiger partial charge in [-0.15, -0.1) is 11.3 Å². The Kier molecular flexibility index (Phi) is 6.31. The normalized spacial score (nSPS) is 15.4. The van der Waals surface area contributed by atoms with Gasteiger partial charge in [-0.1, -0.05) is 6.07 Å². The molecule has 0 amide bonds. The number of hydrogen-bond donors (Lipinski definition) is 2. The lowest BCUT2D eigenvalue weighted by Crippen LogP contribution is -2.38. The van der Waals surface area contributed by atoms with E-state index >= 15 is 0 Å². The zero-order chi connectivity index (χ0) is 19.2. The Labute approximate surface area is 170 Å². The number of fused-ring (bicyclic) bond motifs is 2. The van der Waals surface area contributed by atoms with Gasteiger partial charge in [0.15, 0.2) is 17.5 Å². The van der Waals surface area contributed by atoms with Crippen molar-refractivity contribution >= 4 is 17.3 Å². The van der Waals surface area contributed by atoms with Gasteiger partial charge in [0.1, 0.15) is 0 Å². The summed E-state index contributed by atoms with van der Waals surface area (Å²) >= 11 is 1.92. The molecule has 0 spiro atoms. The van der Waals surface area contributed by atoms with Crippen molar-refractivity contribution in [2.75, 3.05) is 26.9 Å². The van der Waals surface area contributed by atoms with Crippen molar-refractivity contribution in [2.24, 2.45) is 4.99 Å². The lowest BCUT2D eigenvalue weighted by molar-refractivity contribution is 0.174. The molecular formula is C21H28N4O2S. The van der Waals surface area contributed by atoms with E-state index in [-0.39, 0.29) is 0 Å². The molecule has 6 nitrogen and oxygen atoms in total. The number of aromatic nitrogens is 1. The fraction of sp³-hybridized carbons (Fsp3) is 0.524. The quantitative estimate of drug-likeness (QED) is 0.425. The molecule has 150 valence electrons. The Morgan fingerprint density at radius 1 is 1.11 bits per heavy atom. The van der Waals surface area contributed by atoms with E-state index in [1.54, 1.807) is 0 Å². The molecule has 28 heavy (non-hydrogen) atoms. The van der Waals surface area contributed by atoms with Crippen molar-refractivity contribution in [1.29, 1.82) is 0 Å². The second-order valence-corrected chi connectivity index (χ2v) is 8.32. The van der Waals surface area contributed by atoms with E-state index in [1.165, 1.54) is 46.8 Å². The fourth-order valence-corrected chi connectivity index (χ4v) is 4.80. The van der Waals surface area contributed by atoms with Crippen LogP contribution in [0.15, 0.2) is 23.2 Å². The Morgan fingerprint density at radius 2 is 1.96 bits per heavy atom. The van der Waals surface area contributed by atoms with Gasteiger partial charge in [-0.2, -0.15) is 0 Å². The highest BCUT2D eigenvalue weighted by atomic mass is 32.1. The average molecular weight is 401 g/mol.